The average Bonchev–Trinajstić information content (AvgIpc) is 2.89. The molecule has 0 saturated carbocycles. The van der Waals surface area contributed by atoms with E-state index in [0.717, 1.165) is 11.1 Å². The third kappa shape index (κ3) is 2.95. The molecule has 5 heteroatoms. The van der Waals surface area contributed by atoms with E-state index in [1.165, 1.54) is 4.68 Å². The number of aromatic nitrogens is 2. The van der Waals surface area contributed by atoms with Crippen molar-refractivity contribution in [3.05, 3.63) is 70.4 Å². The monoisotopic (exact) mass is 310 g/mol. The number of nitrogens with zero attached hydrogens (tertiary/aromatic N) is 2. The summed E-state index contributed by atoms with van der Waals surface area (Å²) in [6.45, 7) is 2.00. The van der Waals surface area contributed by atoms with Crippen molar-refractivity contribution in [1.29, 1.82) is 0 Å². The van der Waals surface area contributed by atoms with Crippen molar-refractivity contribution >= 4 is 11.6 Å². The van der Waals surface area contributed by atoms with Gasteiger partial charge in [-0.3, -0.25) is 0 Å². The minimum absolute atomic E-state index is 0.169. The third-order valence-corrected chi connectivity index (χ3v) is 3.31. The van der Waals surface area contributed by atoms with Crippen LogP contribution in [0.5, 0.6) is 5.95 Å². The summed E-state index contributed by atoms with van der Waals surface area (Å²) in [6, 6.07) is 14.6. The second-order valence-corrected chi connectivity index (χ2v) is 5.15. The van der Waals surface area contributed by atoms with Gasteiger partial charge in [-0.05, 0) is 35.9 Å². The van der Waals surface area contributed by atoms with Gasteiger partial charge in [0, 0.05) is 28.6 Å². The molecule has 0 amide bonds. The Labute approximate surface area is 132 Å². The first-order valence-corrected chi connectivity index (χ1v) is 6.95. The summed E-state index contributed by atoms with van der Waals surface area (Å²) in [6.07, 6.45) is 0. The molecule has 3 aromatic rings. The average molecular weight is 311 g/mol. The van der Waals surface area contributed by atoms with Gasteiger partial charge in [0.05, 0.1) is 5.27 Å². The molecule has 4 nitrogen and oxygen atoms in total. The van der Waals surface area contributed by atoms with Gasteiger partial charge in [0.2, 0.25) is 5.69 Å². The van der Waals surface area contributed by atoms with E-state index in [9.17, 15) is 5.11 Å². The molecule has 0 N–H and O–H groups in total. The molecule has 0 aliphatic heterocycles. The molecule has 0 atom stereocenters. The molecule has 0 spiro atoms. The molecule has 0 radical (unpaired) electrons. The van der Waals surface area contributed by atoms with E-state index < -0.39 is 5.95 Å². The van der Waals surface area contributed by atoms with Crippen molar-refractivity contribution in [2.45, 2.75) is 6.92 Å². The van der Waals surface area contributed by atoms with Gasteiger partial charge in [0.25, 0.3) is 0 Å². The summed E-state index contributed by atoms with van der Waals surface area (Å²) in [5.41, 5.74) is 2.79. The second kappa shape index (κ2) is 5.92. The van der Waals surface area contributed by atoms with Crippen molar-refractivity contribution < 1.29 is 14.3 Å². The number of halogens is 1. The van der Waals surface area contributed by atoms with Crippen molar-refractivity contribution in [2.75, 3.05) is 0 Å². The lowest BCUT2D eigenvalue weighted by molar-refractivity contribution is -0.672. The lowest BCUT2D eigenvalue weighted by Gasteiger charge is -1.93. The van der Waals surface area contributed by atoms with E-state index in [1.807, 2.05) is 31.2 Å². The van der Waals surface area contributed by atoms with Gasteiger partial charge >= 0.3 is 5.69 Å². The standard InChI is InChI=1S/C17H11ClN2O2/c1-12-2-4-13(5-3-12)6-11-16-17(21)22-19-20(16)15-9-7-14(18)8-10-15/h2-5,7-10H,1H3. The molecule has 0 unspecified atom stereocenters. The summed E-state index contributed by atoms with van der Waals surface area (Å²) in [5.74, 6) is 5.19. The number of hydrogen-bond donors (Lipinski definition) is 0. The summed E-state index contributed by atoms with van der Waals surface area (Å²) in [4.78, 5) is 0. The van der Waals surface area contributed by atoms with Crippen LogP contribution in [0.1, 0.15) is 16.8 Å². The largest absolute Gasteiger partial charge is 0.538 e. The van der Waals surface area contributed by atoms with E-state index >= 15 is 0 Å². The quantitative estimate of drug-likeness (QED) is 0.512. The molecule has 3 rings (SSSR count). The minimum Gasteiger partial charge on any atom is -0.538 e. The van der Waals surface area contributed by atoms with Crippen molar-refractivity contribution in [2.24, 2.45) is 0 Å². The Morgan fingerprint density at radius 1 is 1.05 bits per heavy atom. The Hall–Kier alpha value is -2.77. The van der Waals surface area contributed by atoms with Crippen LogP contribution < -0.4 is 9.79 Å². The molecule has 0 aliphatic carbocycles. The highest BCUT2D eigenvalue weighted by molar-refractivity contribution is 6.30. The van der Waals surface area contributed by atoms with Crippen LogP contribution in [0.15, 0.2) is 53.1 Å². The van der Waals surface area contributed by atoms with Crippen LogP contribution >= 0.6 is 11.6 Å². The van der Waals surface area contributed by atoms with Gasteiger partial charge in [-0.1, -0.05) is 35.2 Å². The van der Waals surface area contributed by atoms with E-state index in [4.69, 9.17) is 16.1 Å². The molecule has 1 heterocycles. The Morgan fingerprint density at radius 2 is 1.73 bits per heavy atom. The van der Waals surface area contributed by atoms with Crippen LogP contribution in [0.3, 0.4) is 0 Å². The fourth-order valence-corrected chi connectivity index (χ4v) is 2.01. The zero-order valence-electron chi connectivity index (χ0n) is 11.7. The molecular weight excluding hydrogens is 300 g/mol. The molecule has 0 fully saturated rings. The fourth-order valence-electron chi connectivity index (χ4n) is 1.88. The summed E-state index contributed by atoms with van der Waals surface area (Å²) in [5, 5.41) is 16.1. The van der Waals surface area contributed by atoms with Crippen LogP contribution in [0.4, 0.5) is 0 Å². The third-order valence-electron chi connectivity index (χ3n) is 3.06. The highest BCUT2D eigenvalue weighted by atomic mass is 35.5. The SMILES string of the molecule is Cc1ccc(C#Cc2c([O-])on[n+]2-c2ccc(Cl)cc2)cc1. The maximum Gasteiger partial charge on any atom is 0.314 e. The summed E-state index contributed by atoms with van der Waals surface area (Å²) < 4.78 is 6.07. The number of aryl methyl sites for hydroxylation is 1. The summed E-state index contributed by atoms with van der Waals surface area (Å²) in [7, 11) is 0. The fraction of sp³-hybridized carbons (Fsp3) is 0.0588. The Bertz CT molecular complexity index is 856. The second-order valence-electron chi connectivity index (χ2n) is 4.71. The van der Waals surface area contributed by atoms with E-state index in [0.29, 0.717) is 10.7 Å². The van der Waals surface area contributed by atoms with Gasteiger partial charge in [-0.2, -0.15) is 0 Å². The molecular formula is C17H11ClN2O2. The molecule has 0 bridgehead atoms. The lowest BCUT2D eigenvalue weighted by atomic mass is 10.1. The lowest BCUT2D eigenvalue weighted by Crippen LogP contribution is -2.35. The Morgan fingerprint density at radius 3 is 2.41 bits per heavy atom. The number of hydrogen-bond acceptors (Lipinski definition) is 3. The number of rotatable bonds is 1. The zero-order valence-corrected chi connectivity index (χ0v) is 12.5. The molecule has 2 aromatic carbocycles. The molecule has 0 aliphatic rings. The van der Waals surface area contributed by atoms with Crippen LogP contribution in [0, 0.1) is 18.8 Å². The zero-order chi connectivity index (χ0) is 15.5. The van der Waals surface area contributed by atoms with Crippen molar-refractivity contribution in [3.8, 4) is 23.5 Å². The smallest absolute Gasteiger partial charge is 0.314 e. The first-order chi connectivity index (χ1) is 10.6. The summed E-state index contributed by atoms with van der Waals surface area (Å²) >= 11 is 5.86. The molecule has 108 valence electrons. The van der Waals surface area contributed by atoms with Crippen molar-refractivity contribution in [1.82, 2.24) is 5.27 Å². The van der Waals surface area contributed by atoms with Crippen molar-refractivity contribution in [3.63, 3.8) is 0 Å². The maximum atomic E-state index is 11.8. The molecule has 1 aromatic heterocycles. The highest BCUT2D eigenvalue weighted by Gasteiger charge is 2.18. The molecule has 0 saturated heterocycles. The first kappa shape index (κ1) is 14.2. The highest BCUT2D eigenvalue weighted by Crippen LogP contribution is 2.12. The van der Waals surface area contributed by atoms with Gasteiger partial charge in [-0.25, -0.2) is 0 Å². The van der Waals surface area contributed by atoms with E-state index in [2.05, 4.69) is 17.1 Å². The minimum atomic E-state index is -0.574. The van der Waals surface area contributed by atoms with Crippen LogP contribution in [0.2, 0.25) is 5.02 Å². The predicted molar refractivity (Wildman–Crippen MR) is 79.7 cm³/mol. The maximum absolute atomic E-state index is 11.8. The Kier molecular flexibility index (Phi) is 3.82. The topological polar surface area (TPSA) is 53.0 Å². The molecule has 22 heavy (non-hydrogen) atoms. The predicted octanol–water partition coefficient (Wildman–Crippen LogP) is 2.39. The van der Waals surface area contributed by atoms with Crippen LogP contribution in [0.25, 0.3) is 5.69 Å². The normalized spacial score (nSPS) is 10.1. The van der Waals surface area contributed by atoms with Gasteiger partial charge < -0.3 is 9.63 Å². The van der Waals surface area contributed by atoms with Crippen LogP contribution in [-0.4, -0.2) is 5.27 Å². The van der Waals surface area contributed by atoms with Gasteiger partial charge in [0.1, 0.15) is 0 Å². The van der Waals surface area contributed by atoms with E-state index in [1.54, 1.807) is 24.3 Å². The van der Waals surface area contributed by atoms with Gasteiger partial charge in [0.15, 0.2) is 5.95 Å². The van der Waals surface area contributed by atoms with Gasteiger partial charge in [-0.15, -0.1) is 0 Å². The van der Waals surface area contributed by atoms with Crippen LogP contribution in [-0.2, 0) is 0 Å². The van der Waals surface area contributed by atoms with E-state index in [-0.39, 0.29) is 5.69 Å². The number of benzene rings is 2. The first-order valence-electron chi connectivity index (χ1n) is 6.57. The Balaban J connectivity index is 2.00.